The van der Waals surface area contributed by atoms with Crippen molar-refractivity contribution in [2.45, 2.75) is 18.6 Å². The number of aromatic nitrogens is 3. The van der Waals surface area contributed by atoms with E-state index in [4.69, 9.17) is 4.74 Å². The number of hydrogen-bond donors (Lipinski definition) is 1. The van der Waals surface area contributed by atoms with E-state index >= 15 is 0 Å². The minimum Gasteiger partial charge on any atom is -0.396 e. The highest BCUT2D eigenvalue weighted by atomic mass is 19.1. The van der Waals surface area contributed by atoms with E-state index < -0.39 is 17.2 Å². The lowest BCUT2D eigenvalue weighted by atomic mass is 9.87. The predicted molar refractivity (Wildman–Crippen MR) is 69.2 cm³/mol. The number of aliphatic hydroxyl groups is 1. The van der Waals surface area contributed by atoms with Gasteiger partial charge in [0.1, 0.15) is 29.9 Å². The van der Waals surface area contributed by atoms with Gasteiger partial charge < -0.3 is 9.84 Å². The Labute approximate surface area is 120 Å². The Morgan fingerprint density at radius 3 is 2.90 bits per heavy atom. The first-order chi connectivity index (χ1) is 10.1. The molecule has 0 saturated carbocycles. The molecule has 2 atom stereocenters. The number of aliphatic hydroxyl groups excluding tert-OH is 1. The monoisotopic (exact) mass is 295 g/mol. The van der Waals surface area contributed by atoms with Crippen molar-refractivity contribution in [1.29, 1.82) is 0 Å². The summed E-state index contributed by atoms with van der Waals surface area (Å²) in [5.74, 6) is -1.38. The van der Waals surface area contributed by atoms with Crippen molar-refractivity contribution in [2.75, 3.05) is 13.2 Å². The van der Waals surface area contributed by atoms with E-state index in [1.54, 1.807) is 4.68 Å². The second kappa shape index (κ2) is 5.50. The quantitative estimate of drug-likeness (QED) is 0.928. The maximum atomic E-state index is 14.2. The highest BCUT2D eigenvalue weighted by molar-refractivity contribution is 5.26. The molecule has 7 heteroatoms. The largest absolute Gasteiger partial charge is 0.396 e. The summed E-state index contributed by atoms with van der Waals surface area (Å²) in [6.07, 6.45) is 3.33. The average molecular weight is 295 g/mol. The molecule has 1 aliphatic rings. The van der Waals surface area contributed by atoms with Gasteiger partial charge in [0.2, 0.25) is 0 Å². The molecule has 0 radical (unpaired) electrons. The van der Waals surface area contributed by atoms with Crippen LogP contribution in [-0.4, -0.2) is 33.1 Å². The number of nitrogens with zero attached hydrogens (tertiary/aromatic N) is 3. The zero-order valence-electron chi connectivity index (χ0n) is 11.2. The van der Waals surface area contributed by atoms with Crippen molar-refractivity contribution < 1.29 is 18.6 Å². The molecule has 0 spiro atoms. The normalized spacial score (nSPS) is 25.4. The zero-order chi connectivity index (χ0) is 14.9. The van der Waals surface area contributed by atoms with E-state index in [-0.39, 0.29) is 24.6 Å². The fourth-order valence-corrected chi connectivity index (χ4v) is 2.80. The highest BCUT2D eigenvalue weighted by Crippen LogP contribution is 2.41. The molecule has 1 aliphatic heterocycles. The zero-order valence-corrected chi connectivity index (χ0v) is 11.2. The third kappa shape index (κ3) is 2.66. The van der Waals surface area contributed by atoms with Crippen LogP contribution >= 0.6 is 0 Å². The summed E-state index contributed by atoms with van der Waals surface area (Å²) in [7, 11) is 0. The Bertz CT molecular complexity index is 621. The molecule has 0 aliphatic carbocycles. The lowest BCUT2D eigenvalue weighted by molar-refractivity contribution is -0.0207. The predicted octanol–water partition coefficient (Wildman–Crippen LogP) is 1.48. The van der Waals surface area contributed by atoms with Crippen molar-refractivity contribution in [1.82, 2.24) is 14.8 Å². The molecule has 1 fully saturated rings. The van der Waals surface area contributed by atoms with Crippen LogP contribution in [0, 0.1) is 17.6 Å². The second-order valence-corrected chi connectivity index (χ2v) is 5.28. The summed E-state index contributed by atoms with van der Waals surface area (Å²) in [6, 6.07) is 3.44. The third-order valence-corrected chi connectivity index (χ3v) is 3.78. The molecule has 1 aromatic carbocycles. The topological polar surface area (TPSA) is 60.2 Å². The minimum atomic E-state index is -0.973. The van der Waals surface area contributed by atoms with Gasteiger partial charge in [0.15, 0.2) is 0 Å². The summed E-state index contributed by atoms with van der Waals surface area (Å²) in [6.45, 7) is 0.538. The molecule has 112 valence electrons. The summed E-state index contributed by atoms with van der Waals surface area (Å²) in [5.41, 5.74) is -0.700. The van der Waals surface area contributed by atoms with Crippen molar-refractivity contribution in [3.8, 4) is 0 Å². The number of rotatable bonds is 4. The fraction of sp³-hybridized carbons (Fsp3) is 0.429. The van der Waals surface area contributed by atoms with E-state index in [0.717, 1.165) is 6.07 Å². The molecule has 0 bridgehead atoms. The van der Waals surface area contributed by atoms with Crippen LogP contribution in [0.3, 0.4) is 0 Å². The van der Waals surface area contributed by atoms with Gasteiger partial charge in [0, 0.05) is 24.2 Å². The number of hydrogen-bond acceptors (Lipinski definition) is 4. The first-order valence-electron chi connectivity index (χ1n) is 6.66. The average Bonchev–Trinajstić information content (AvgIpc) is 3.09. The first kappa shape index (κ1) is 14.1. The number of halogens is 2. The van der Waals surface area contributed by atoms with Crippen LogP contribution < -0.4 is 0 Å². The maximum Gasteiger partial charge on any atom is 0.137 e. The lowest BCUT2D eigenvalue weighted by Crippen LogP contribution is -2.32. The van der Waals surface area contributed by atoms with E-state index in [0.29, 0.717) is 13.0 Å². The summed E-state index contributed by atoms with van der Waals surface area (Å²) in [5, 5.41) is 13.3. The molecule has 21 heavy (non-hydrogen) atoms. The van der Waals surface area contributed by atoms with E-state index in [1.165, 1.54) is 24.8 Å². The minimum absolute atomic E-state index is 0.0398. The van der Waals surface area contributed by atoms with Crippen LogP contribution in [0.4, 0.5) is 8.78 Å². The van der Waals surface area contributed by atoms with Gasteiger partial charge in [-0.3, -0.25) is 0 Å². The Morgan fingerprint density at radius 2 is 2.29 bits per heavy atom. The molecule has 1 aromatic heterocycles. The molecule has 2 unspecified atom stereocenters. The number of benzene rings is 1. The van der Waals surface area contributed by atoms with E-state index in [1.807, 2.05) is 0 Å². The SMILES string of the molecule is OCC1COC(Cn2cncn2)(c2ccc(F)cc2F)C1. The van der Waals surface area contributed by atoms with Gasteiger partial charge in [-0.15, -0.1) is 0 Å². The van der Waals surface area contributed by atoms with Crippen LogP contribution in [-0.2, 0) is 16.9 Å². The molecule has 2 heterocycles. The maximum absolute atomic E-state index is 14.2. The first-order valence-corrected chi connectivity index (χ1v) is 6.66. The second-order valence-electron chi connectivity index (χ2n) is 5.28. The molecular formula is C14H15F2N3O2. The molecule has 3 rings (SSSR count). The molecule has 5 nitrogen and oxygen atoms in total. The highest BCUT2D eigenvalue weighted by Gasteiger charge is 2.44. The molecule has 0 amide bonds. The third-order valence-electron chi connectivity index (χ3n) is 3.78. The Balaban J connectivity index is 1.99. The Kier molecular flexibility index (Phi) is 3.69. The molecular weight excluding hydrogens is 280 g/mol. The Morgan fingerprint density at radius 1 is 1.43 bits per heavy atom. The van der Waals surface area contributed by atoms with Crippen molar-refractivity contribution in [3.63, 3.8) is 0 Å². The van der Waals surface area contributed by atoms with Crippen LogP contribution in [0.5, 0.6) is 0 Å². The van der Waals surface area contributed by atoms with Gasteiger partial charge in [-0.1, -0.05) is 6.07 Å². The van der Waals surface area contributed by atoms with Gasteiger partial charge in [0.05, 0.1) is 13.2 Å². The Hall–Kier alpha value is -1.86. The van der Waals surface area contributed by atoms with E-state index in [2.05, 4.69) is 10.1 Å². The van der Waals surface area contributed by atoms with Gasteiger partial charge in [-0.05, 0) is 12.5 Å². The van der Waals surface area contributed by atoms with Gasteiger partial charge >= 0.3 is 0 Å². The van der Waals surface area contributed by atoms with Crippen LogP contribution in [0.15, 0.2) is 30.9 Å². The van der Waals surface area contributed by atoms with Crippen molar-refractivity contribution >= 4 is 0 Å². The van der Waals surface area contributed by atoms with Crippen LogP contribution in [0.25, 0.3) is 0 Å². The summed E-state index contributed by atoms with van der Waals surface area (Å²) < 4.78 is 34.7. The van der Waals surface area contributed by atoms with Crippen LogP contribution in [0.1, 0.15) is 12.0 Å². The van der Waals surface area contributed by atoms with Crippen molar-refractivity contribution in [2.24, 2.45) is 5.92 Å². The summed E-state index contributed by atoms with van der Waals surface area (Å²) in [4.78, 5) is 3.86. The van der Waals surface area contributed by atoms with Gasteiger partial charge in [0.25, 0.3) is 0 Å². The number of ether oxygens (including phenoxy) is 1. The lowest BCUT2D eigenvalue weighted by Gasteiger charge is -2.29. The van der Waals surface area contributed by atoms with Gasteiger partial charge in [-0.25, -0.2) is 18.4 Å². The molecule has 1 N–H and O–H groups in total. The standard InChI is InChI=1S/C14H15F2N3O2/c15-11-1-2-12(13(16)3-11)14(4-10(5-20)6-21-14)7-19-9-17-8-18-19/h1-3,8-10,20H,4-7H2. The van der Waals surface area contributed by atoms with Crippen LogP contribution in [0.2, 0.25) is 0 Å². The van der Waals surface area contributed by atoms with E-state index in [9.17, 15) is 13.9 Å². The molecule has 1 saturated heterocycles. The fourth-order valence-electron chi connectivity index (χ4n) is 2.80. The summed E-state index contributed by atoms with van der Waals surface area (Å²) >= 11 is 0. The van der Waals surface area contributed by atoms with Gasteiger partial charge in [-0.2, -0.15) is 5.10 Å². The smallest absolute Gasteiger partial charge is 0.137 e. The molecule has 2 aromatic rings. The van der Waals surface area contributed by atoms with Crippen molar-refractivity contribution in [3.05, 3.63) is 48.1 Å².